The fourth-order valence-electron chi connectivity index (χ4n) is 0.624. The van der Waals surface area contributed by atoms with Gasteiger partial charge >= 0.3 is 0 Å². The Kier molecular flexibility index (Phi) is 13.0. The van der Waals surface area contributed by atoms with Crippen LogP contribution in [0.4, 0.5) is 0 Å². The van der Waals surface area contributed by atoms with E-state index < -0.39 is 0 Å². The van der Waals surface area contributed by atoms with Crippen molar-refractivity contribution in [3.63, 3.8) is 0 Å². The van der Waals surface area contributed by atoms with E-state index in [-0.39, 0.29) is 32.7 Å². The van der Waals surface area contributed by atoms with Crippen LogP contribution in [0.3, 0.4) is 0 Å². The maximum Gasteiger partial charge on any atom is 0 e. The molecule has 0 aliphatic heterocycles. The van der Waals surface area contributed by atoms with Crippen LogP contribution in [0.5, 0.6) is 0 Å². The molecule has 0 saturated carbocycles. The van der Waals surface area contributed by atoms with Crippen LogP contribution < -0.4 is 0 Å². The van der Waals surface area contributed by atoms with E-state index in [2.05, 4.69) is 32.3 Å². The van der Waals surface area contributed by atoms with Crippen molar-refractivity contribution in [3.05, 3.63) is 62.4 Å². The Morgan fingerprint density at radius 2 is 1.69 bits per heavy atom. The summed E-state index contributed by atoms with van der Waals surface area (Å²) in [5, 5.41) is 0. The molecule has 0 spiro atoms. The summed E-state index contributed by atoms with van der Waals surface area (Å²) in [7, 11) is 0. The molecule has 0 aliphatic rings. The molecule has 0 aliphatic carbocycles. The SMILES string of the molecule is C=C[CH2-].[CH2-]C#Cc1ccccc1.[Y]. The van der Waals surface area contributed by atoms with Crippen LogP contribution in [0.25, 0.3) is 0 Å². The number of allylic oxidation sites excluding steroid dienone is 1. The van der Waals surface area contributed by atoms with Gasteiger partial charge in [-0.3, -0.25) is 11.8 Å². The Labute approximate surface area is 106 Å². The Morgan fingerprint density at radius 3 is 2.08 bits per heavy atom. The van der Waals surface area contributed by atoms with Crippen molar-refractivity contribution in [1.29, 1.82) is 0 Å². The maximum absolute atomic E-state index is 3.42. The van der Waals surface area contributed by atoms with E-state index in [9.17, 15) is 0 Å². The van der Waals surface area contributed by atoms with E-state index in [1.807, 2.05) is 30.3 Å². The molecule has 0 amide bonds. The summed E-state index contributed by atoms with van der Waals surface area (Å²) in [5.74, 6) is 5.43. The third kappa shape index (κ3) is 9.28. The average Bonchev–Trinajstić information content (AvgIpc) is 2.08. The second kappa shape index (κ2) is 11.4. The summed E-state index contributed by atoms with van der Waals surface area (Å²) in [4.78, 5) is 0. The second-order valence-corrected chi connectivity index (χ2v) is 1.96. The molecule has 1 radical (unpaired) electrons. The van der Waals surface area contributed by atoms with Crippen molar-refractivity contribution in [2.45, 2.75) is 0 Å². The van der Waals surface area contributed by atoms with Gasteiger partial charge in [-0.1, -0.05) is 35.9 Å². The molecule has 0 N–H and O–H groups in total. The molecule has 0 saturated heterocycles. The van der Waals surface area contributed by atoms with Gasteiger partial charge in [-0.15, -0.1) is 0 Å². The summed E-state index contributed by atoms with van der Waals surface area (Å²) in [6.45, 7) is 9.92. The first-order valence-corrected chi connectivity index (χ1v) is 3.58. The molecule has 1 rings (SSSR count). The molecular formula is C12H12Y-2. The number of benzene rings is 1. The molecule has 0 bridgehead atoms. The van der Waals surface area contributed by atoms with Crippen LogP contribution >= 0.6 is 0 Å². The average molecular weight is 245 g/mol. The Hall–Kier alpha value is -0.636. The van der Waals surface area contributed by atoms with Gasteiger partial charge in [0.2, 0.25) is 0 Å². The molecule has 0 fully saturated rings. The molecule has 1 aromatic rings. The van der Waals surface area contributed by atoms with E-state index in [4.69, 9.17) is 0 Å². The fourth-order valence-corrected chi connectivity index (χ4v) is 0.624. The van der Waals surface area contributed by atoms with Crippen molar-refractivity contribution in [2.24, 2.45) is 0 Å². The van der Waals surface area contributed by atoms with E-state index in [0.29, 0.717) is 0 Å². The first-order chi connectivity index (χ1) is 5.85. The molecule has 65 valence electrons. The normalized spacial score (nSPS) is 6.15. The second-order valence-electron chi connectivity index (χ2n) is 1.96. The van der Waals surface area contributed by atoms with Gasteiger partial charge in [-0.2, -0.15) is 6.92 Å². The quantitative estimate of drug-likeness (QED) is 0.487. The Morgan fingerprint density at radius 1 is 1.23 bits per heavy atom. The summed E-state index contributed by atoms with van der Waals surface area (Å²) in [6.07, 6.45) is 1.50. The summed E-state index contributed by atoms with van der Waals surface area (Å²) >= 11 is 0. The minimum absolute atomic E-state index is 0. The molecule has 0 atom stereocenters. The van der Waals surface area contributed by atoms with E-state index in [1.54, 1.807) is 0 Å². The maximum atomic E-state index is 3.42. The monoisotopic (exact) mass is 245 g/mol. The van der Waals surface area contributed by atoms with E-state index in [0.717, 1.165) is 5.56 Å². The van der Waals surface area contributed by atoms with Crippen molar-refractivity contribution in [3.8, 4) is 11.8 Å². The van der Waals surface area contributed by atoms with Crippen molar-refractivity contribution < 1.29 is 32.7 Å². The molecular weight excluding hydrogens is 233 g/mol. The van der Waals surface area contributed by atoms with Crippen LogP contribution in [-0.4, -0.2) is 0 Å². The molecule has 0 nitrogen and oxygen atoms in total. The van der Waals surface area contributed by atoms with Gasteiger partial charge in [-0.25, -0.2) is 19.6 Å². The zero-order valence-electron chi connectivity index (χ0n) is 7.66. The first-order valence-electron chi connectivity index (χ1n) is 3.58. The number of hydrogen-bond donors (Lipinski definition) is 0. The van der Waals surface area contributed by atoms with Gasteiger partial charge in [0.15, 0.2) is 0 Å². The minimum Gasteiger partial charge on any atom is -0.296 e. The molecule has 13 heavy (non-hydrogen) atoms. The smallest absolute Gasteiger partial charge is 0 e. The van der Waals surface area contributed by atoms with Gasteiger partial charge in [0.05, 0.1) is 0 Å². The summed E-state index contributed by atoms with van der Waals surface area (Å²) in [5.41, 5.74) is 1.02. The van der Waals surface area contributed by atoms with Crippen molar-refractivity contribution >= 4 is 0 Å². The molecule has 1 heteroatoms. The standard InChI is InChI=1S/C9H7.C3H5.Y/c1-2-6-9-7-4-3-5-8-9;1-3-2;/h3-5,7-8H,1H2;3H,1-2H2;/q2*-1;. The molecule has 1 aromatic carbocycles. The minimum atomic E-state index is 0. The fraction of sp³-hybridized carbons (Fsp3) is 0. The van der Waals surface area contributed by atoms with E-state index in [1.165, 1.54) is 6.08 Å². The summed E-state index contributed by atoms with van der Waals surface area (Å²) in [6, 6.07) is 9.80. The molecule has 0 aromatic heterocycles. The predicted octanol–water partition coefficient (Wildman–Crippen LogP) is 2.88. The molecule has 0 heterocycles. The Bertz CT molecular complexity index is 264. The van der Waals surface area contributed by atoms with Crippen LogP contribution in [-0.2, 0) is 32.7 Å². The zero-order chi connectivity index (χ0) is 9.23. The van der Waals surface area contributed by atoms with Gasteiger partial charge in [0.1, 0.15) is 0 Å². The van der Waals surface area contributed by atoms with Gasteiger partial charge < -0.3 is 0 Å². The van der Waals surface area contributed by atoms with Crippen LogP contribution in [0.1, 0.15) is 5.56 Å². The summed E-state index contributed by atoms with van der Waals surface area (Å²) < 4.78 is 0. The van der Waals surface area contributed by atoms with Gasteiger partial charge in [-0.05, 0) is 0 Å². The number of rotatable bonds is 0. The topological polar surface area (TPSA) is 0 Å². The predicted molar refractivity (Wildman–Crippen MR) is 54.2 cm³/mol. The van der Waals surface area contributed by atoms with E-state index >= 15 is 0 Å². The van der Waals surface area contributed by atoms with Gasteiger partial charge in [0.25, 0.3) is 0 Å². The van der Waals surface area contributed by atoms with Crippen LogP contribution in [0.15, 0.2) is 43.0 Å². The third-order valence-electron chi connectivity index (χ3n) is 1.01. The third-order valence-corrected chi connectivity index (χ3v) is 1.01. The largest absolute Gasteiger partial charge is 0.296 e. The number of hydrogen-bond acceptors (Lipinski definition) is 0. The van der Waals surface area contributed by atoms with Crippen molar-refractivity contribution in [2.75, 3.05) is 0 Å². The van der Waals surface area contributed by atoms with Crippen LogP contribution in [0.2, 0.25) is 0 Å². The van der Waals surface area contributed by atoms with Crippen LogP contribution in [0, 0.1) is 25.7 Å². The van der Waals surface area contributed by atoms with Gasteiger partial charge in [0, 0.05) is 32.7 Å². The van der Waals surface area contributed by atoms with Crippen molar-refractivity contribution in [1.82, 2.24) is 0 Å². The molecule has 0 unspecified atom stereocenters. The Balaban J connectivity index is 0. The first kappa shape index (κ1) is 14.9. The zero-order valence-corrected chi connectivity index (χ0v) is 10.5.